The summed E-state index contributed by atoms with van der Waals surface area (Å²) in [6.07, 6.45) is 2.09. The first kappa shape index (κ1) is 8.00. The predicted octanol–water partition coefficient (Wildman–Crippen LogP) is 2.77. The van der Waals surface area contributed by atoms with Gasteiger partial charge in [0, 0.05) is 0 Å². The average molecular weight is 112 g/mol. The molecule has 8 heavy (non-hydrogen) atoms. The Balaban J connectivity index is 3.10. The van der Waals surface area contributed by atoms with Gasteiger partial charge in [0.1, 0.15) is 0 Å². The van der Waals surface area contributed by atoms with Gasteiger partial charge in [0.2, 0.25) is 0 Å². The Morgan fingerprint density at radius 1 is 1.25 bits per heavy atom. The first-order chi connectivity index (χ1) is 3.66. The Labute approximate surface area is 53.3 Å². The summed E-state index contributed by atoms with van der Waals surface area (Å²) >= 11 is 0. The molecule has 0 aromatic heterocycles. The van der Waals surface area contributed by atoms with E-state index in [1.807, 2.05) is 0 Å². The largest absolute Gasteiger partial charge is 0.0628 e. The van der Waals surface area contributed by atoms with Gasteiger partial charge in [0.15, 0.2) is 0 Å². The maximum atomic E-state index is 5.42. The Morgan fingerprint density at radius 3 is 1.88 bits per heavy atom. The molecule has 1 unspecified atom stereocenters. The minimum atomic E-state index is 0.704. The molecule has 0 N–H and O–H groups in total. The summed E-state index contributed by atoms with van der Waals surface area (Å²) in [5, 5.41) is 0. The van der Waals surface area contributed by atoms with E-state index in [9.17, 15) is 0 Å². The van der Waals surface area contributed by atoms with Crippen molar-refractivity contribution in [2.24, 2.45) is 11.8 Å². The highest BCUT2D eigenvalue weighted by atomic mass is 14.1. The number of hydrogen-bond donors (Lipinski definition) is 0. The van der Waals surface area contributed by atoms with Crippen LogP contribution >= 0.6 is 0 Å². The molecule has 0 spiro atoms. The van der Waals surface area contributed by atoms with Gasteiger partial charge in [-0.3, -0.25) is 0 Å². The lowest BCUT2D eigenvalue weighted by Gasteiger charge is -2.09. The molecule has 0 fully saturated rings. The van der Waals surface area contributed by atoms with Gasteiger partial charge in [-0.25, -0.2) is 0 Å². The van der Waals surface area contributed by atoms with Gasteiger partial charge in [0.05, 0.1) is 0 Å². The SMILES string of the molecule is [CH]CC(C)CC(C)C. The van der Waals surface area contributed by atoms with Crippen LogP contribution in [0, 0.1) is 18.8 Å². The molecular formula is C8H16. The Kier molecular flexibility index (Phi) is 3.94. The molecule has 0 amide bonds. The fourth-order valence-electron chi connectivity index (χ4n) is 0.901. The fourth-order valence-corrected chi connectivity index (χ4v) is 0.901. The Hall–Kier alpha value is 0. The van der Waals surface area contributed by atoms with Crippen molar-refractivity contribution in [3.63, 3.8) is 0 Å². The highest BCUT2D eigenvalue weighted by molar-refractivity contribution is 4.56. The van der Waals surface area contributed by atoms with Crippen molar-refractivity contribution in [2.45, 2.75) is 33.6 Å². The zero-order chi connectivity index (χ0) is 6.57. The molecule has 0 heterocycles. The van der Waals surface area contributed by atoms with E-state index in [4.69, 9.17) is 6.92 Å². The summed E-state index contributed by atoms with van der Waals surface area (Å²) in [6.45, 7) is 12.1. The third-order valence-electron chi connectivity index (χ3n) is 1.28. The minimum Gasteiger partial charge on any atom is -0.0628 e. The second-order valence-corrected chi connectivity index (χ2v) is 2.97. The molecule has 0 nitrogen and oxygen atoms in total. The molecule has 0 rings (SSSR count). The van der Waals surface area contributed by atoms with Crippen molar-refractivity contribution < 1.29 is 0 Å². The molecule has 0 aromatic rings. The van der Waals surface area contributed by atoms with E-state index in [-0.39, 0.29) is 0 Å². The smallest absolute Gasteiger partial charge is 0.0349 e. The summed E-state index contributed by atoms with van der Waals surface area (Å²) in [4.78, 5) is 0. The van der Waals surface area contributed by atoms with E-state index in [1.165, 1.54) is 6.42 Å². The minimum absolute atomic E-state index is 0.704. The number of hydrogen-bond acceptors (Lipinski definition) is 0. The fraction of sp³-hybridized carbons (Fsp3) is 0.875. The van der Waals surface area contributed by atoms with Gasteiger partial charge in [-0.15, -0.1) is 0 Å². The van der Waals surface area contributed by atoms with Crippen LogP contribution in [0.2, 0.25) is 0 Å². The van der Waals surface area contributed by atoms with Crippen molar-refractivity contribution in [3.8, 4) is 0 Å². The molecule has 2 radical (unpaired) electrons. The van der Waals surface area contributed by atoms with E-state index < -0.39 is 0 Å². The molecule has 0 aliphatic rings. The van der Waals surface area contributed by atoms with Crippen molar-refractivity contribution in [3.05, 3.63) is 6.92 Å². The van der Waals surface area contributed by atoms with Crippen LogP contribution in [0.1, 0.15) is 33.6 Å². The highest BCUT2D eigenvalue weighted by Crippen LogP contribution is 2.12. The monoisotopic (exact) mass is 112 g/mol. The molecule has 0 heteroatoms. The summed E-state index contributed by atoms with van der Waals surface area (Å²) in [7, 11) is 0. The van der Waals surface area contributed by atoms with Gasteiger partial charge >= 0.3 is 0 Å². The molecule has 0 aliphatic heterocycles. The normalized spacial score (nSPS) is 14.6. The number of rotatable bonds is 3. The first-order valence-electron chi connectivity index (χ1n) is 3.37. The maximum absolute atomic E-state index is 5.42. The van der Waals surface area contributed by atoms with Crippen LogP contribution in [0.4, 0.5) is 0 Å². The van der Waals surface area contributed by atoms with Crippen molar-refractivity contribution in [2.75, 3.05) is 0 Å². The van der Waals surface area contributed by atoms with Crippen LogP contribution in [0.5, 0.6) is 0 Å². The summed E-state index contributed by atoms with van der Waals surface area (Å²) in [6, 6.07) is 0. The van der Waals surface area contributed by atoms with Gasteiger partial charge in [0.25, 0.3) is 0 Å². The average Bonchev–Trinajstić information content (AvgIpc) is 1.65. The molecular weight excluding hydrogens is 96.1 g/mol. The third kappa shape index (κ3) is 4.17. The predicted molar refractivity (Wildman–Crippen MR) is 37.5 cm³/mol. The van der Waals surface area contributed by atoms with E-state index in [0.29, 0.717) is 5.92 Å². The maximum Gasteiger partial charge on any atom is -0.0349 e. The van der Waals surface area contributed by atoms with Crippen LogP contribution in [0.3, 0.4) is 0 Å². The summed E-state index contributed by atoms with van der Waals surface area (Å²) < 4.78 is 0. The van der Waals surface area contributed by atoms with Crippen molar-refractivity contribution in [1.29, 1.82) is 0 Å². The van der Waals surface area contributed by atoms with Gasteiger partial charge in [-0.1, -0.05) is 20.8 Å². The summed E-state index contributed by atoms with van der Waals surface area (Å²) in [5.74, 6) is 1.50. The highest BCUT2D eigenvalue weighted by Gasteiger charge is 2.00. The van der Waals surface area contributed by atoms with Crippen molar-refractivity contribution in [1.82, 2.24) is 0 Å². The topological polar surface area (TPSA) is 0 Å². The van der Waals surface area contributed by atoms with E-state index in [0.717, 1.165) is 12.3 Å². The Morgan fingerprint density at radius 2 is 1.75 bits per heavy atom. The van der Waals surface area contributed by atoms with Crippen LogP contribution in [0.25, 0.3) is 0 Å². The molecule has 0 aromatic carbocycles. The van der Waals surface area contributed by atoms with E-state index >= 15 is 0 Å². The molecule has 0 saturated carbocycles. The van der Waals surface area contributed by atoms with Gasteiger partial charge < -0.3 is 0 Å². The Bertz CT molecular complexity index is 46.0. The third-order valence-corrected chi connectivity index (χ3v) is 1.28. The van der Waals surface area contributed by atoms with Gasteiger partial charge in [-0.2, -0.15) is 0 Å². The molecule has 0 bridgehead atoms. The second-order valence-electron chi connectivity index (χ2n) is 2.97. The second kappa shape index (κ2) is 3.94. The lowest BCUT2D eigenvalue weighted by Crippen LogP contribution is -1.97. The first-order valence-corrected chi connectivity index (χ1v) is 3.37. The quantitative estimate of drug-likeness (QED) is 0.526. The van der Waals surface area contributed by atoms with E-state index in [1.54, 1.807) is 0 Å². The van der Waals surface area contributed by atoms with Gasteiger partial charge in [-0.05, 0) is 31.6 Å². The van der Waals surface area contributed by atoms with Crippen LogP contribution in [0.15, 0.2) is 0 Å². The lowest BCUT2D eigenvalue weighted by atomic mass is 9.97. The zero-order valence-electron chi connectivity index (χ0n) is 6.15. The molecule has 0 aliphatic carbocycles. The van der Waals surface area contributed by atoms with Crippen LogP contribution < -0.4 is 0 Å². The van der Waals surface area contributed by atoms with Crippen LogP contribution in [-0.2, 0) is 0 Å². The molecule has 1 atom stereocenters. The molecule has 48 valence electrons. The lowest BCUT2D eigenvalue weighted by molar-refractivity contribution is 0.442. The van der Waals surface area contributed by atoms with E-state index in [2.05, 4.69) is 20.8 Å². The summed E-state index contributed by atoms with van der Waals surface area (Å²) in [5.41, 5.74) is 0. The standard InChI is InChI=1S/C8H16/c1-5-8(4)6-7(2)3/h1,7-8H,5-6H2,2-4H3. The van der Waals surface area contributed by atoms with Crippen molar-refractivity contribution >= 4 is 0 Å². The molecule has 0 saturated heterocycles. The zero-order valence-corrected chi connectivity index (χ0v) is 6.15. The van der Waals surface area contributed by atoms with Crippen LogP contribution in [-0.4, -0.2) is 0 Å².